The van der Waals surface area contributed by atoms with E-state index < -0.39 is 17.7 Å². The third-order valence-electron chi connectivity index (χ3n) is 4.39. The van der Waals surface area contributed by atoms with Crippen LogP contribution in [0.4, 0.5) is 8.78 Å². The zero-order chi connectivity index (χ0) is 18.0. The standard InChI is InChI=1S/C20H22F2O3/c1-3-4-5-6-11-24-16-10-9-15-14-8-7-13(12(2)23)17(21)19(14)25-20(15)18(16)22/h7-10,12,23H,3-6,11H2,1-2H3/t12-/m1/s1. The van der Waals surface area contributed by atoms with Crippen LogP contribution in [0.25, 0.3) is 21.9 Å². The van der Waals surface area contributed by atoms with Gasteiger partial charge in [0.15, 0.2) is 22.7 Å². The first-order valence-corrected chi connectivity index (χ1v) is 8.68. The van der Waals surface area contributed by atoms with E-state index in [2.05, 4.69) is 6.92 Å². The molecule has 3 rings (SSSR count). The van der Waals surface area contributed by atoms with Crippen molar-refractivity contribution >= 4 is 21.9 Å². The molecule has 3 nitrogen and oxygen atoms in total. The lowest BCUT2D eigenvalue weighted by atomic mass is 10.1. The highest BCUT2D eigenvalue weighted by atomic mass is 19.1. The summed E-state index contributed by atoms with van der Waals surface area (Å²) in [6.07, 6.45) is 3.18. The van der Waals surface area contributed by atoms with Gasteiger partial charge >= 0.3 is 0 Å². The summed E-state index contributed by atoms with van der Waals surface area (Å²) in [5.41, 5.74) is 0.0504. The maximum atomic E-state index is 14.7. The minimum atomic E-state index is -0.968. The molecule has 0 amide bonds. The molecule has 1 atom stereocenters. The molecule has 0 aliphatic rings. The fourth-order valence-electron chi connectivity index (χ4n) is 2.98. The highest BCUT2D eigenvalue weighted by molar-refractivity contribution is 6.05. The Morgan fingerprint density at radius 1 is 1.00 bits per heavy atom. The predicted molar refractivity (Wildman–Crippen MR) is 93.9 cm³/mol. The van der Waals surface area contributed by atoms with E-state index >= 15 is 0 Å². The number of rotatable bonds is 7. The van der Waals surface area contributed by atoms with Crippen molar-refractivity contribution < 1.29 is 23.0 Å². The largest absolute Gasteiger partial charge is 0.490 e. The van der Waals surface area contributed by atoms with Crippen molar-refractivity contribution in [3.63, 3.8) is 0 Å². The molecular formula is C20H22F2O3. The van der Waals surface area contributed by atoms with Crippen LogP contribution in [0.2, 0.25) is 0 Å². The molecular weight excluding hydrogens is 326 g/mol. The predicted octanol–water partition coefficient (Wildman–Crippen LogP) is 5.88. The Hall–Kier alpha value is -2.14. The van der Waals surface area contributed by atoms with E-state index in [4.69, 9.17) is 9.15 Å². The maximum Gasteiger partial charge on any atom is 0.208 e. The molecule has 1 N–H and O–H groups in total. The lowest BCUT2D eigenvalue weighted by Crippen LogP contribution is -1.99. The zero-order valence-electron chi connectivity index (χ0n) is 14.4. The number of aliphatic hydroxyl groups excluding tert-OH is 1. The molecule has 3 aromatic rings. The average Bonchev–Trinajstić information content (AvgIpc) is 2.97. The smallest absolute Gasteiger partial charge is 0.208 e. The van der Waals surface area contributed by atoms with Crippen LogP contribution in [0.1, 0.15) is 51.2 Å². The molecule has 1 heterocycles. The van der Waals surface area contributed by atoms with Crippen LogP contribution < -0.4 is 4.74 Å². The van der Waals surface area contributed by atoms with Gasteiger partial charge < -0.3 is 14.3 Å². The minimum absolute atomic E-state index is 0.0253. The Balaban J connectivity index is 1.95. The summed E-state index contributed by atoms with van der Waals surface area (Å²) >= 11 is 0. The van der Waals surface area contributed by atoms with E-state index in [-0.39, 0.29) is 22.5 Å². The second-order valence-electron chi connectivity index (χ2n) is 6.29. The van der Waals surface area contributed by atoms with Crippen LogP contribution in [-0.2, 0) is 0 Å². The summed E-state index contributed by atoms with van der Waals surface area (Å²) < 4.78 is 40.1. The molecule has 0 radical (unpaired) electrons. The van der Waals surface area contributed by atoms with Crippen molar-refractivity contribution in [2.75, 3.05) is 6.61 Å². The maximum absolute atomic E-state index is 14.7. The van der Waals surface area contributed by atoms with Crippen LogP contribution in [0.15, 0.2) is 28.7 Å². The molecule has 0 spiro atoms. The van der Waals surface area contributed by atoms with Gasteiger partial charge in [0.1, 0.15) is 0 Å². The van der Waals surface area contributed by atoms with Gasteiger partial charge in [-0.15, -0.1) is 0 Å². The van der Waals surface area contributed by atoms with E-state index in [1.54, 1.807) is 18.2 Å². The summed E-state index contributed by atoms with van der Waals surface area (Å²) in [5.74, 6) is -1.17. The Bertz CT molecular complexity index is 884. The van der Waals surface area contributed by atoms with Gasteiger partial charge in [-0.3, -0.25) is 0 Å². The van der Waals surface area contributed by atoms with Gasteiger partial charge in [0.2, 0.25) is 5.82 Å². The number of furan rings is 1. The van der Waals surface area contributed by atoms with Crippen molar-refractivity contribution in [2.45, 2.75) is 45.6 Å². The Morgan fingerprint density at radius 2 is 1.68 bits per heavy atom. The minimum Gasteiger partial charge on any atom is -0.490 e. The summed E-state index contributed by atoms with van der Waals surface area (Å²) in [7, 11) is 0. The topological polar surface area (TPSA) is 42.6 Å². The zero-order valence-corrected chi connectivity index (χ0v) is 14.4. The third kappa shape index (κ3) is 3.33. The van der Waals surface area contributed by atoms with Gasteiger partial charge in [-0.05, 0) is 31.5 Å². The molecule has 0 aliphatic heterocycles. The molecule has 25 heavy (non-hydrogen) atoms. The van der Waals surface area contributed by atoms with Crippen LogP contribution in [0.5, 0.6) is 5.75 Å². The fraction of sp³-hybridized carbons (Fsp3) is 0.400. The number of benzene rings is 2. The third-order valence-corrected chi connectivity index (χ3v) is 4.39. The van der Waals surface area contributed by atoms with Gasteiger partial charge in [-0.25, -0.2) is 4.39 Å². The van der Waals surface area contributed by atoms with Gasteiger partial charge in [-0.1, -0.05) is 32.3 Å². The van der Waals surface area contributed by atoms with Gasteiger partial charge in [0, 0.05) is 16.3 Å². The molecule has 0 fully saturated rings. The highest BCUT2D eigenvalue weighted by Crippen LogP contribution is 2.37. The second-order valence-corrected chi connectivity index (χ2v) is 6.29. The molecule has 0 saturated heterocycles. The molecule has 1 aromatic heterocycles. The van der Waals surface area contributed by atoms with Crippen molar-refractivity contribution in [2.24, 2.45) is 0 Å². The number of unbranched alkanes of at least 4 members (excludes halogenated alkanes) is 3. The van der Waals surface area contributed by atoms with Crippen molar-refractivity contribution in [1.82, 2.24) is 0 Å². The quantitative estimate of drug-likeness (QED) is 0.542. The number of ether oxygens (including phenoxy) is 1. The van der Waals surface area contributed by atoms with Gasteiger partial charge in [-0.2, -0.15) is 4.39 Å². The first-order valence-electron chi connectivity index (χ1n) is 8.68. The number of hydrogen-bond donors (Lipinski definition) is 1. The number of hydrogen-bond acceptors (Lipinski definition) is 3. The molecule has 0 unspecified atom stereocenters. The van der Waals surface area contributed by atoms with Crippen molar-refractivity contribution in [3.05, 3.63) is 41.5 Å². The molecule has 2 aromatic carbocycles. The molecule has 0 bridgehead atoms. The fourth-order valence-corrected chi connectivity index (χ4v) is 2.98. The van der Waals surface area contributed by atoms with E-state index in [9.17, 15) is 13.9 Å². The molecule has 0 saturated carbocycles. The van der Waals surface area contributed by atoms with E-state index in [0.29, 0.717) is 17.4 Å². The summed E-state index contributed by atoms with van der Waals surface area (Å²) in [5, 5.41) is 10.6. The Morgan fingerprint density at radius 3 is 2.36 bits per heavy atom. The summed E-state index contributed by atoms with van der Waals surface area (Å²) in [4.78, 5) is 0. The number of fused-ring (bicyclic) bond motifs is 3. The molecule has 0 aliphatic carbocycles. The van der Waals surface area contributed by atoms with Crippen LogP contribution in [0, 0.1) is 11.6 Å². The van der Waals surface area contributed by atoms with Gasteiger partial charge in [0.05, 0.1) is 12.7 Å². The summed E-state index contributed by atoms with van der Waals surface area (Å²) in [6, 6.07) is 6.35. The first-order chi connectivity index (χ1) is 12.0. The second kappa shape index (κ2) is 7.40. The Kier molecular flexibility index (Phi) is 5.23. The monoisotopic (exact) mass is 348 g/mol. The van der Waals surface area contributed by atoms with E-state index in [1.165, 1.54) is 13.0 Å². The SMILES string of the molecule is CCCCCCOc1ccc2c(oc3c(F)c([C@@H](C)O)ccc32)c1F. The highest BCUT2D eigenvalue weighted by Gasteiger charge is 2.20. The summed E-state index contributed by atoms with van der Waals surface area (Å²) in [6.45, 7) is 4.03. The normalized spacial score (nSPS) is 12.8. The molecule has 5 heteroatoms. The van der Waals surface area contributed by atoms with Crippen LogP contribution in [0.3, 0.4) is 0 Å². The van der Waals surface area contributed by atoms with Crippen molar-refractivity contribution in [3.8, 4) is 5.75 Å². The van der Waals surface area contributed by atoms with Crippen LogP contribution >= 0.6 is 0 Å². The lowest BCUT2D eigenvalue weighted by molar-refractivity contribution is 0.194. The molecule has 134 valence electrons. The first kappa shape index (κ1) is 17.7. The van der Waals surface area contributed by atoms with Gasteiger partial charge in [0.25, 0.3) is 0 Å². The van der Waals surface area contributed by atoms with E-state index in [0.717, 1.165) is 25.7 Å². The van der Waals surface area contributed by atoms with E-state index in [1.807, 2.05) is 0 Å². The Labute approximate surface area is 145 Å². The van der Waals surface area contributed by atoms with Crippen molar-refractivity contribution in [1.29, 1.82) is 0 Å². The number of aliphatic hydroxyl groups is 1. The lowest BCUT2D eigenvalue weighted by Gasteiger charge is -2.07. The van der Waals surface area contributed by atoms with Crippen LogP contribution in [-0.4, -0.2) is 11.7 Å². The number of halogens is 2. The average molecular weight is 348 g/mol.